The van der Waals surface area contributed by atoms with E-state index in [0.717, 1.165) is 24.0 Å². The zero-order chi connectivity index (χ0) is 19.1. The van der Waals surface area contributed by atoms with Gasteiger partial charge in [0.05, 0.1) is 6.42 Å². The predicted octanol–water partition coefficient (Wildman–Crippen LogP) is 3.13. The van der Waals surface area contributed by atoms with Gasteiger partial charge >= 0.3 is 0 Å². The van der Waals surface area contributed by atoms with Crippen molar-refractivity contribution in [2.45, 2.75) is 25.2 Å². The molecule has 1 saturated heterocycles. The van der Waals surface area contributed by atoms with Crippen molar-refractivity contribution < 1.29 is 13.6 Å². The van der Waals surface area contributed by atoms with Gasteiger partial charge in [-0.1, -0.05) is 12.1 Å². The minimum Gasteiger partial charge on any atom is -0.422 e. The zero-order valence-corrected chi connectivity index (χ0v) is 15.5. The molecular weight excluding hydrogens is 359 g/mol. The summed E-state index contributed by atoms with van der Waals surface area (Å²) in [6.45, 7) is 2.47. The van der Waals surface area contributed by atoms with Gasteiger partial charge in [0.15, 0.2) is 5.58 Å². The van der Waals surface area contributed by atoms with E-state index in [4.69, 9.17) is 4.42 Å². The maximum absolute atomic E-state index is 14.2. The van der Waals surface area contributed by atoms with Gasteiger partial charge < -0.3 is 14.2 Å². The van der Waals surface area contributed by atoms with E-state index in [1.807, 2.05) is 34.1 Å². The first-order valence-corrected chi connectivity index (χ1v) is 9.70. The second-order valence-electron chi connectivity index (χ2n) is 7.50. The lowest BCUT2D eigenvalue weighted by molar-refractivity contribution is -0.130. The Kier molecular flexibility index (Phi) is 4.22. The van der Waals surface area contributed by atoms with Crippen LogP contribution in [-0.2, 0) is 11.2 Å². The summed E-state index contributed by atoms with van der Waals surface area (Å²) in [6, 6.07) is 9.44. The summed E-state index contributed by atoms with van der Waals surface area (Å²) in [5, 5.41) is 0. The molecule has 1 aliphatic heterocycles. The summed E-state index contributed by atoms with van der Waals surface area (Å²) in [4.78, 5) is 25.1. The number of oxazole rings is 1. The summed E-state index contributed by atoms with van der Waals surface area (Å²) >= 11 is 0. The van der Waals surface area contributed by atoms with Crippen LogP contribution >= 0.6 is 0 Å². The summed E-state index contributed by atoms with van der Waals surface area (Å²) in [7, 11) is 0. The minimum atomic E-state index is -0.179. The van der Waals surface area contributed by atoms with Crippen LogP contribution in [0.4, 0.5) is 10.4 Å². The number of carbonyl (C=O) groups is 1. The Morgan fingerprint density at radius 1 is 1.18 bits per heavy atom. The number of nitrogens with zero attached hydrogens (tertiary/aromatic N) is 4. The summed E-state index contributed by atoms with van der Waals surface area (Å²) in [5.74, 6) is 0.222. The molecular formula is C21H21FN4O2. The molecule has 6 nitrogen and oxygen atoms in total. The van der Waals surface area contributed by atoms with Crippen molar-refractivity contribution in [2.75, 3.05) is 31.1 Å². The highest BCUT2D eigenvalue weighted by atomic mass is 19.1. The van der Waals surface area contributed by atoms with Crippen molar-refractivity contribution in [3.63, 3.8) is 0 Å². The average molecular weight is 380 g/mol. The Bertz CT molecular complexity index is 989. The van der Waals surface area contributed by atoms with Crippen LogP contribution in [0.1, 0.15) is 29.9 Å². The lowest BCUT2D eigenvalue weighted by atomic mass is 10.0. The number of hydrogen-bond acceptors (Lipinski definition) is 5. The van der Waals surface area contributed by atoms with Crippen molar-refractivity contribution in [1.29, 1.82) is 0 Å². The standard InChI is InChI=1S/C21H21FN4O2/c22-17-12-14(3-6-16(17)15-4-5-15)13-19(27)25-8-10-26(11-9-25)21-24-20-18(28-21)2-1-7-23-20/h1-3,6-7,12,15H,4-5,8-11,13H2. The minimum absolute atomic E-state index is 0.0254. The third-order valence-electron chi connectivity index (χ3n) is 5.49. The van der Waals surface area contributed by atoms with Crippen LogP contribution in [-0.4, -0.2) is 47.0 Å². The van der Waals surface area contributed by atoms with E-state index < -0.39 is 0 Å². The van der Waals surface area contributed by atoms with Gasteiger partial charge in [-0.3, -0.25) is 4.79 Å². The van der Waals surface area contributed by atoms with Crippen LogP contribution in [0.15, 0.2) is 40.9 Å². The number of fused-ring (bicyclic) bond motifs is 1. The number of hydrogen-bond donors (Lipinski definition) is 0. The normalized spacial score (nSPS) is 17.3. The molecule has 2 aromatic heterocycles. The third kappa shape index (κ3) is 3.32. The molecule has 0 bridgehead atoms. The Morgan fingerprint density at radius 3 is 2.71 bits per heavy atom. The van der Waals surface area contributed by atoms with Gasteiger partial charge in [0.2, 0.25) is 11.6 Å². The number of carbonyl (C=O) groups excluding carboxylic acids is 1. The third-order valence-corrected chi connectivity index (χ3v) is 5.49. The van der Waals surface area contributed by atoms with Gasteiger partial charge in [-0.15, -0.1) is 0 Å². The van der Waals surface area contributed by atoms with Crippen molar-refractivity contribution in [3.8, 4) is 0 Å². The number of rotatable bonds is 4. The van der Waals surface area contributed by atoms with Crippen LogP contribution in [0.5, 0.6) is 0 Å². The van der Waals surface area contributed by atoms with Crippen molar-refractivity contribution in [1.82, 2.24) is 14.9 Å². The monoisotopic (exact) mass is 380 g/mol. The Balaban J connectivity index is 1.20. The van der Waals surface area contributed by atoms with Crippen LogP contribution in [0.25, 0.3) is 11.2 Å². The molecule has 0 unspecified atom stereocenters. The number of benzene rings is 1. The molecule has 1 amide bonds. The van der Waals surface area contributed by atoms with Gasteiger partial charge in [0.1, 0.15) is 5.82 Å². The Hall–Kier alpha value is -2.96. The number of halogens is 1. The summed E-state index contributed by atoms with van der Waals surface area (Å²) in [5.41, 5.74) is 2.78. The van der Waals surface area contributed by atoms with Gasteiger partial charge in [-0.2, -0.15) is 4.98 Å². The molecule has 144 valence electrons. The summed E-state index contributed by atoms with van der Waals surface area (Å²) < 4.78 is 20.0. The maximum Gasteiger partial charge on any atom is 0.300 e. The fourth-order valence-electron chi connectivity index (χ4n) is 3.73. The molecule has 28 heavy (non-hydrogen) atoms. The van der Waals surface area contributed by atoms with E-state index in [1.54, 1.807) is 6.20 Å². The van der Waals surface area contributed by atoms with E-state index in [1.165, 1.54) is 6.07 Å². The zero-order valence-electron chi connectivity index (χ0n) is 15.5. The van der Waals surface area contributed by atoms with E-state index >= 15 is 0 Å². The molecule has 1 aliphatic carbocycles. The maximum atomic E-state index is 14.2. The molecule has 0 spiro atoms. The Morgan fingerprint density at radius 2 is 2.00 bits per heavy atom. The Labute approximate surface area is 162 Å². The van der Waals surface area contributed by atoms with Gasteiger partial charge in [0.25, 0.3) is 6.01 Å². The number of anilines is 1. The van der Waals surface area contributed by atoms with Crippen molar-refractivity contribution in [3.05, 3.63) is 53.5 Å². The average Bonchev–Trinajstić information content (AvgIpc) is 3.45. The van der Waals surface area contributed by atoms with Crippen molar-refractivity contribution >= 4 is 23.2 Å². The molecule has 2 fully saturated rings. The van der Waals surface area contributed by atoms with Crippen LogP contribution in [0.2, 0.25) is 0 Å². The number of piperazine rings is 1. The fourth-order valence-corrected chi connectivity index (χ4v) is 3.73. The SMILES string of the molecule is O=C(Cc1ccc(C2CC2)c(F)c1)N1CCN(c2nc3ncccc3o2)CC1. The highest BCUT2D eigenvalue weighted by Gasteiger charge is 2.27. The summed E-state index contributed by atoms with van der Waals surface area (Å²) in [6.07, 6.45) is 4.05. The molecule has 5 rings (SSSR count). The number of amides is 1. The first kappa shape index (κ1) is 17.2. The van der Waals surface area contributed by atoms with Crippen molar-refractivity contribution in [2.24, 2.45) is 0 Å². The van der Waals surface area contributed by atoms with Crippen LogP contribution in [0, 0.1) is 5.82 Å². The smallest absolute Gasteiger partial charge is 0.300 e. The van der Waals surface area contributed by atoms with E-state index in [-0.39, 0.29) is 18.1 Å². The first-order valence-electron chi connectivity index (χ1n) is 9.70. The molecule has 1 aromatic carbocycles. The van der Waals surface area contributed by atoms with Gasteiger partial charge in [-0.25, -0.2) is 9.37 Å². The quantitative estimate of drug-likeness (QED) is 0.696. The van der Waals surface area contributed by atoms with E-state index in [9.17, 15) is 9.18 Å². The molecule has 3 aromatic rings. The van der Waals surface area contributed by atoms with Gasteiger partial charge in [0, 0.05) is 32.4 Å². The van der Waals surface area contributed by atoms with Crippen LogP contribution < -0.4 is 4.90 Å². The number of pyridine rings is 1. The number of aromatic nitrogens is 2. The molecule has 2 aliphatic rings. The van der Waals surface area contributed by atoms with Gasteiger partial charge in [-0.05, 0) is 48.1 Å². The molecule has 0 N–H and O–H groups in total. The first-order chi connectivity index (χ1) is 13.7. The molecule has 0 atom stereocenters. The topological polar surface area (TPSA) is 62.5 Å². The molecule has 1 saturated carbocycles. The lowest BCUT2D eigenvalue weighted by Crippen LogP contribution is -2.49. The van der Waals surface area contributed by atoms with Crippen LogP contribution in [0.3, 0.4) is 0 Å². The highest BCUT2D eigenvalue weighted by Crippen LogP contribution is 2.41. The second kappa shape index (κ2) is 6.89. The lowest BCUT2D eigenvalue weighted by Gasteiger charge is -2.33. The fraction of sp³-hybridized carbons (Fsp3) is 0.381. The predicted molar refractivity (Wildman–Crippen MR) is 103 cm³/mol. The molecule has 3 heterocycles. The molecule has 0 radical (unpaired) electrons. The highest BCUT2D eigenvalue weighted by molar-refractivity contribution is 5.79. The van der Waals surface area contributed by atoms with E-state index in [0.29, 0.717) is 49.3 Å². The second-order valence-corrected chi connectivity index (χ2v) is 7.50. The largest absolute Gasteiger partial charge is 0.422 e. The van der Waals surface area contributed by atoms with E-state index in [2.05, 4.69) is 9.97 Å². The molecule has 7 heteroatoms.